The van der Waals surface area contributed by atoms with Crippen molar-refractivity contribution in [2.75, 3.05) is 53.5 Å². The van der Waals surface area contributed by atoms with Gasteiger partial charge in [-0.15, -0.1) is 0 Å². The number of nitrogens with zero attached hydrogens (tertiary/aromatic N) is 3. The van der Waals surface area contributed by atoms with Gasteiger partial charge in [-0.2, -0.15) is 0 Å². The van der Waals surface area contributed by atoms with E-state index in [1.807, 2.05) is 7.05 Å². The SMILES string of the molecule is CCN1CCCC1CNC(=NC)N1CCC(COC)C1. The van der Waals surface area contributed by atoms with Crippen molar-refractivity contribution in [3.63, 3.8) is 0 Å². The zero-order chi connectivity index (χ0) is 14.4. The molecule has 2 fully saturated rings. The summed E-state index contributed by atoms with van der Waals surface area (Å²) in [5, 5.41) is 3.57. The maximum absolute atomic E-state index is 5.26. The van der Waals surface area contributed by atoms with Gasteiger partial charge < -0.3 is 15.0 Å². The minimum atomic E-state index is 0.650. The molecule has 2 rings (SSSR count). The highest BCUT2D eigenvalue weighted by Gasteiger charge is 2.27. The van der Waals surface area contributed by atoms with Crippen molar-refractivity contribution >= 4 is 5.96 Å². The third kappa shape index (κ3) is 3.85. The van der Waals surface area contributed by atoms with E-state index < -0.39 is 0 Å². The topological polar surface area (TPSA) is 40.1 Å². The number of rotatable bonds is 5. The van der Waals surface area contributed by atoms with Crippen LogP contribution < -0.4 is 5.32 Å². The van der Waals surface area contributed by atoms with E-state index in [2.05, 4.69) is 27.0 Å². The lowest BCUT2D eigenvalue weighted by Gasteiger charge is -2.27. The number of nitrogens with one attached hydrogen (secondary N) is 1. The minimum Gasteiger partial charge on any atom is -0.384 e. The summed E-state index contributed by atoms with van der Waals surface area (Å²) < 4.78 is 5.26. The maximum Gasteiger partial charge on any atom is 0.193 e. The van der Waals surface area contributed by atoms with Crippen molar-refractivity contribution in [1.29, 1.82) is 0 Å². The molecule has 5 nitrogen and oxygen atoms in total. The fraction of sp³-hybridized carbons (Fsp3) is 0.933. The maximum atomic E-state index is 5.26. The summed E-state index contributed by atoms with van der Waals surface area (Å²) in [4.78, 5) is 9.39. The first-order valence-electron chi connectivity index (χ1n) is 7.97. The van der Waals surface area contributed by atoms with E-state index in [0.717, 1.165) is 38.7 Å². The highest BCUT2D eigenvalue weighted by Crippen LogP contribution is 2.18. The Kier molecular flexibility index (Phi) is 6.10. The van der Waals surface area contributed by atoms with Gasteiger partial charge in [-0.05, 0) is 32.4 Å². The predicted molar refractivity (Wildman–Crippen MR) is 83.2 cm³/mol. The summed E-state index contributed by atoms with van der Waals surface area (Å²) in [6.07, 6.45) is 3.85. The van der Waals surface area contributed by atoms with Crippen molar-refractivity contribution in [1.82, 2.24) is 15.1 Å². The molecule has 0 spiro atoms. The summed E-state index contributed by atoms with van der Waals surface area (Å²) in [7, 11) is 3.67. The highest BCUT2D eigenvalue weighted by atomic mass is 16.5. The fourth-order valence-corrected chi connectivity index (χ4v) is 3.48. The molecule has 116 valence electrons. The van der Waals surface area contributed by atoms with Crippen molar-refractivity contribution in [2.24, 2.45) is 10.9 Å². The average Bonchev–Trinajstić information content (AvgIpc) is 3.09. The van der Waals surface area contributed by atoms with Gasteiger partial charge in [0, 0.05) is 45.8 Å². The van der Waals surface area contributed by atoms with Crippen LogP contribution in [0.1, 0.15) is 26.2 Å². The lowest BCUT2D eigenvalue weighted by Crippen LogP contribution is -2.46. The van der Waals surface area contributed by atoms with Gasteiger partial charge in [-0.3, -0.25) is 9.89 Å². The van der Waals surface area contributed by atoms with Gasteiger partial charge in [0.05, 0.1) is 6.61 Å². The van der Waals surface area contributed by atoms with E-state index in [-0.39, 0.29) is 0 Å². The second-order valence-electron chi connectivity index (χ2n) is 5.91. The van der Waals surface area contributed by atoms with E-state index in [4.69, 9.17) is 4.74 Å². The number of aliphatic imine (C=N–C) groups is 1. The van der Waals surface area contributed by atoms with Crippen LogP contribution in [0.15, 0.2) is 4.99 Å². The molecular formula is C15H30N4O. The number of methoxy groups -OCH3 is 1. The Morgan fingerprint density at radius 3 is 2.90 bits per heavy atom. The Labute approximate surface area is 123 Å². The zero-order valence-corrected chi connectivity index (χ0v) is 13.3. The molecule has 2 aliphatic rings. The third-order valence-corrected chi connectivity index (χ3v) is 4.60. The quantitative estimate of drug-likeness (QED) is 0.603. The predicted octanol–water partition coefficient (Wildman–Crippen LogP) is 1.01. The molecule has 0 amide bonds. The number of likely N-dealkylation sites (tertiary alicyclic amines) is 2. The van der Waals surface area contributed by atoms with Crippen LogP contribution in [0.2, 0.25) is 0 Å². The van der Waals surface area contributed by atoms with Gasteiger partial charge in [-0.25, -0.2) is 0 Å². The van der Waals surface area contributed by atoms with Gasteiger partial charge in [0.25, 0.3) is 0 Å². The van der Waals surface area contributed by atoms with E-state index >= 15 is 0 Å². The molecule has 1 N–H and O–H groups in total. The zero-order valence-electron chi connectivity index (χ0n) is 13.3. The molecule has 20 heavy (non-hydrogen) atoms. The van der Waals surface area contributed by atoms with Crippen LogP contribution in [0.3, 0.4) is 0 Å². The minimum absolute atomic E-state index is 0.650. The Morgan fingerprint density at radius 1 is 1.35 bits per heavy atom. The normalized spacial score (nSPS) is 28.4. The molecule has 0 aromatic heterocycles. The van der Waals surface area contributed by atoms with E-state index in [1.54, 1.807) is 7.11 Å². The average molecular weight is 282 g/mol. The second-order valence-corrected chi connectivity index (χ2v) is 5.91. The first-order valence-corrected chi connectivity index (χ1v) is 7.97. The second kappa shape index (κ2) is 7.84. The summed E-state index contributed by atoms with van der Waals surface area (Å²) in [5.41, 5.74) is 0. The standard InChI is InChI=1S/C15H30N4O/c1-4-18-8-5-6-14(18)10-17-15(16-2)19-9-7-13(11-19)12-20-3/h13-14H,4-12H2,1-3H3,(H,16,17). The molecule has 0 radical (unpaired) electrons. The van der Waals surface area contributed by atoms with Gasteiger partial charge >= 0.3 is 0 Å². The Hall–Kier alpha value is -0.810. The molecule has 2 unspecified atom stereocenters. The Balaban J connectivity index is 1.78. The van der Waals surface area contributed by atoms with Crippen molar-refractivity contribution in [3.05, 3.63) is 0 Å². The third-order valence-electron chi connectivity index (χ3n) is 4.60. The van der Waals surface area contributed by atoms with E-state index in [1.165, 1.54) is 25.8 Å². The van der Waals surface area contributed by atoms with Gasteiger partial charge in [-0.1, -0.05) is 6.92 Å². The summed E-state index contributed by atoms with van der Waals surface area (Å²) in [5.74, 6) is 1.71. The van der Waals surface area contributed by atoms with Gasteiger partial charge in [0.1, 0.15) is 0 Å². The number of likely N-dealkylation sites (N-methyl/N-ethyl adjacent to an activating group) is 1. The largest absolute Gasteiger partial charge is 0.384 e. The molecule has 5 heteroatoms. The molecule has 0 saturated carbocycles. The van der Waals surface area contributed by atoms with Crippen LogP contribution in [0, 0.1) is 5.92 Å². The Morgan fingerprint density at radius 2 is 2.20 bits per heavy atom. The van der Waals surface area contributed by atoms with Gasteiger partial charge in [0.15, 0.2) is 5.96 Å². The molecule has 0 aromatic carbocycles. The molecule has 2 saturated heterocycles. The molecule has 0 bridgehead atoms. The smallest absolute Gasteiger partial charge is 0.193 e. The van der Waals surface area contributed by atoms with Crippen LogP contribution in [-0.2, 0) is 4.74 Å². The monoisotopic (exact) mass is 282 g/mol. The molecule has 0 aromatic rings. The van der Waals surface area contributed by atoms with Crippen LogP contribution in [0.25, 0.3) is 0 Å². The first-order chi connectivity index (χ1) is 9.78. The number of ether oxygens (including phenoxy) is 1. The van der Waals surface area contributed by atoms with Crippen molar-refractivity contribution in [2.45, 2.75) is 32.2 Å². The van der Waals surface area contributed by atoms with Crippen LogP contribution in [0.4, 0.5) is 0 Å². The summed E-state index contributed by atoms with van der Waals surface area (Å²) in [6, 6.07) is 0.675. The van der Waals surface area contributed by atoms with Crippen LogP contribution in [0.5, 0.6) is 0 Å². The number of hydrogen-bond acceptors (Lipinski definition) is 3. The fourth-order valence-electron chi connectivity index (χ4n) is 3.48. The van der Waals surface area contributed by atoms with Crippen molar-refractivity contribution < 1.29 is 4.74 Å². The van der Waals surface area contributed by atoms with E-state index in [0.29, 0.717) is 12.0 Å². The highest BCUT2D eigenvalue weighted by molar-refractivity contribution is 5.80. The molecule has 0 aliphatic carbocycles. The Bertz CT molecular complexity index is 321. The number of hydrogen-bond donors (Lipinski definition) is 1. The molecular weight excluding hydrogens is 252 g/mol. The summed E-state index contributed by atoms with van der Waals surface area (Å²) >= 11 is 0. The molecule has 2 aliphatic heterocycles. The number of guanidine groups is 1. The van der Waals surface area contributed by atoms with Crippen LogP contribution >= 0.6 is 0 Å². The van der Waals surface area contributed by atoms with E-state index in [9.17, 15) is 0 Å². The first kappa shape index (κ1) is 15.6. The lowest BCUT2D eigenvalue weighted by molar-refractivity contribution is 0.157. The summed E-state index contributed by atoms with van der Waals surface area (Å²) in [6.45, 7) is 8.70. The molecule has 2 heterocycles. The lowest BCUT2D eigenvalue weighted by atomic mass is 10.1. The molecule has 2 atom stereocenters. The van der Waals surface area contributed by atoms with Crippen molar-refractivity contribution in [3.8, 4) is 0 Å². The van der Waals surface area contributed by atoms with Crippen LogP contribution in [-0.4, -0.2) is 75.3 Å². The van der Waals surface area contributed by atoms with Gasteiger partial charge in [0.2, 0.25) is 0 Å².